The van der Waals surface area contributed by atoms with Crippen molar-refractivity contribution < 1.29 is 13.2 Å². The molecule has 100 valence electrons. The normalized spacial score (nSPS) is 11.4. The zero-order valence-electron chi connectivity index (χ0n) is 9.94. The first kappa shape index (κ1) is 13.0. The monoisotopic (exact) mass is 281 g/mol. The van der Waals surface area contributed by atoms with Gasteiger partial charge in [0.05, 0.1) is 29.8 Å². The van der Waals surface area contributed by atoms with E-state index in [1.807, 2.05) is 0 Å². The van der Waals surface area contributed by atoms with Crippen molar-refractivity contribution in [1.82, 2.24) is 14.8 Å². The Hall–Kier alpha value is -2.42. The molecule has 0 aromatic carbocycles. The molecule has 0 aliphatic heterocycles. The number of carbonyl (C=O) groups is 1. The summed E-state index contributed by atoms with van der Waals surface area (Å²) in [6, 6.07) is 1.35. The van der Waals surface area contributed by atoms with Crippen molar-refractivity contribution in [2.24, 2.45) is 5.73 Å². The summed E-state index contributed by atoms with van der Waals surface area (Å²) in [5.41, 5.74) is 11.1. The first-order chi connectivity index (χ1) is 8.79. The molecule has 9 heteroatoms. The zero-order valence-corrected chi connectivity index (χ0v) is 10.8. The first-order valence-electron chi connectivity index (χ1n) is 5.09. The Kier molecular flexibility index (Phi) is 2.98. The lowest BCUT2D eigenvalue weighted by Crippen LogP contribution is -2.16. The van der Waals surface area contributed by atoms with Gasteiger partial charge in [0.25, 0.3) is 5.91 Å². The number of sulfone groups is 1. The van der Waals surface area contributed by atoms with Crippen LogP contribution in [0.15, 0.2) is 29.6 Å². The molecule has 2 rings (SSSR count). The van der Waals surface area contributed by atoms with E-state index in [0.29, 0.717) is 0 Å². The van der Waals surface area contributed by atoms with Gasteiger partial charge in [-0.2, -0.15) is 5.10 Å². The Bertz CT molecular complexity index is 750. The number of aromatic nitrogens is 3. The third-order valence-electron chi connectivity index (χ3n) is 2.36. The minimum Gasteiger partial charge on any atom is -0.397 e. The molecule has 0 spiro atoms. The van der Waals surface area contributed by atoms with Crippen LogP contribution in [0.3, 0.4) is 0 Å². The van der Waals surface area contributed by atoms with Crippen LogP contribution in [0.4, 0.5) is 5.69 Å². The van der Waals surface area contributed by atoms with Crippen LogP contribution in [0.5, 0.6) is 0 Å². The highest BCUT2D eigenvalue weighted by molar-refractivity contribution is 7.90. The van der Waals surface area contributed by atoms with E-state index in [1.54, 1.807) is 0 Å². The lowest BCUT2D eigenvalue weighted by Gasteiger charge is -2.06. The number of carbonyl (C=O) groups excluding carboxylic acids is 1. The van der Waals surface area contributed by atoms with Gasteiger partial charge in [0, 0.05) is 6.26 Å². The second-order valence-electron chi connectivity index (χ2n) is 3.90. The Morgan fingerprint density at radius 1 is 1.37 bits per heavy atom. The predicted molar refractivity (Wildman–Crippen MR) is 67.4 cm³/mol. The van der Waals surface area contributed by atoms with E-state index in [-0.39, 0.29) is 22.0 Å². The van der Waals surface area contributed by atoms with Crippen LogP contribution in [0, 0.1) is 0 Å². The number of nitrogens with two attached hydrogens (primary N) is 2. The molecule has 0 radical (unpaired) electrons. The van der Waals surface area contributed by atoms with Gasteiger partial charge >= 0.3 is 0 Å². The summed E-state index contributed by atoms with van der Waals surface area (Å²) in [7, 11) is -3.38. The van der Waals surface area contributed by atoms with E-state index in [2.05, 4.69) is 10.1 Å². The molecule has 2 aromatic rings. The molecule has 0 aliphatic carbocycles. The van der Waals surface area contributed by atoms with Crippen LogP contribution >= 0.6 is 0 Å². The first-order valence-corrected chi connectivity index (χ1v) is 6.98. The molecule has 0 saturated carbocycles. The van der Waals surface area contributed by atoms with E-state index in [1.165, 1.54) is 18.5 Å². The largest absolute Gasteiger partial charge is 0.397 e. The summed E-state index contributed by atoms with van der Waals surface area (Å²) in [6.45, 7) is 0. The van der Waals surface area contributed by atoms with Crippen molar-refractivity contribution in [1.29, 1.82) is 0 Å². The molecule has 19 heavy (non-hydrogen) atoms. The standard InChI is InChI=1S/C10H11N5O3S/c1-19(17,18)7-4-14-15(5-7)10-8(9(12)16)2-6(11)3-13-10/h2-5H,11H2,1H3,(H2,12,16). The van der Waals surface area contributed by atoms with Gasteiger partial charge in [0.1, 0.15) is 4.90 Å². The topological polar surface area (TPSA) is 134 Å². The quantitative estimate of drug-likeness (QED) is 0.767. The summed E-state index contributed by atoms with van der Waals surface area (Å²) in [4.78, 5) is 15.3. The maximum atomic E-state index is 11.4. The van der Waals surface area contributed by atoms with E-state index in [9.17, 15) is 13.2 Å². The number of rotatable bonds is 3. The predicted octanol–water partition coefficient (Wildman–Crippen LogP) is -0.648. The average Bonchev–Trinajstić information content (AvgIpc) is 2.77. The van der Waals surface area contributed by atoms with Crippen LogP contribution < -0.4 is 11.5 Å². The molecule has 0 saturated heterocycles. The van der Waals surface area contributed by atoms with Crippen LogP contribution in [-0.4, -0.2) is 35.3 Å². The number of primary amides is 1. The van der Waals surface area contributed by atoms with E-state index in [0.717, 1.165) is 17.1 Å². The molecule has 0 atom stereocenters. The molecule has 2 heterocycles. The van der Waals surface area contributed by atoms with Crippen LogP contribution in [0.2, 0.25) is 0 Å². The Labute approximate surface area is 109 Å². The molecule has 0 aliphatic rings. The number of pyridine rings is 1. The van der Waals surface area contributed by atoms with Crippen LogP contribution in [0.1, 0.15) is 10.4 Å². The van der Waals surface area contributed by atoms with Crippen LogP contribution in [-0.2, 0) is 9.84 Å². The average molecular weight is 281 g/mol. The lowest BCUT2D eigenvalue weighted by molar-refractivity contribution is 0.1000. The van der Waals surface area contributed by atoms with Crippen molar-refractivity contribution >= 4 is 21.4 Å². The number of anilines is 1. The molecule has 0 bridgehead atoms. The maximum Gasteiger partial charge on any atom is 0.252 e. The second kappa shape index (κ2) is 4.35. The Morgan fingerprint density at radius 2 is 2.05 bits per heavy atom. The fourth-order valence-electron chi connectivity index (χ4n) is 1.45. The fraction of sp³-hybridized carbons (Fsp3) is 0.100. The summed E-state index contributed by atoms with van der Waals surface area (Å²) in [6.07, 6.45) is 4.79. The van der Waals surface area contributed by atoms with Gasteiger partial charge in [-0.3, -0.25) is 4.79 Å². The Balaban J connectivity index is 2.60. The highest BCUT2D eigenvalue weighted by Gasteiger charge is 2.16. The molecular formula is C10H11N5O3S. The van der Waals surface area contributed by atoms with Gasteiger partial charge < -0.3 is 11.5 Å². The van der Waals surface area contributed by atoms with Crippen molar-refractivity contribution in [3.05, 3.63) is 30.2 Å². The number of amides is 1. The van der Waals surface area contributed by atoms with E-state index >= 15 is 0 Å². The number of hydrogen-bond donors (Lipinski definition) is 2. The smallest absolute Gasteiger partial charge is 0.252 e. The molecule has 0 fully saturated rings. The minimum absolute atomic E-state index is 0.0153. The molecular weight excluding hydrogens is 270 g/mol. The number of nitrogens with zero attached hydrogens (tertiary/aromatic N) is 3. The van der Waals surface area contributed by atoms with E-state index in [4.69, 9.17) is 11.5 Å². The summed E-state index contributed by atoms with van der Waals surface area (Å²) < 4.78 is 23.9. The highest BCUT2D eigenvalue weighted by atomic mass is 32.2. The van der Waals surface area contributed by atoms with Gasteiger partial charge in [-0.1, -0.05) is 0 Å². The van der Waals surface area contributed by atoms with Crippen molar-refractivity contribution in [3.8, 4) is 5.82 Å². The van der Waals surface area contributed by atoms with Crippen LogP contribution in [0.25, 0.3) is 5.82 Å². The third kappa shape index (κ3) is 2.55. The van der Waals surface area contributed by atoms with Gasteiger partial charge in [-0.05, 0) is 6.07 Å². The van der Waals surface area contributed by atoms with Gasteiger partial charge in [0.2, 0.25) is 0 Å². The minimum atomic E-state index is -3.38. The molecule has 0 unspecified atom stereocenters. The summed E-state index contributed by atoms with van der Waals surface area (Å²) in [5, 5.41) is 3.85. The van der Waals surface area contributed by atoms with Gasteiger partial charge in [0.15, 0.2) is 15.7 Å². The number of hydrogen-bond acceptors (Lipinski definition) is 6. The highest BCUT2D eigenvalue weighted by Crippen LogP contribution is 2.16. The Morgan fingerprint density at radius 3 is 2.58 bits per heavy atom. The third-order valence-corrected chi connectivity index (χ3v) is 3.42. The summed E-state index contributed by atoms with van der Waals surface area (Å²) >= 11 is 0. The maximum absolute atomic E-state index is 11.4. The molecule has 1 amide bonds. The molecule has 2 aromatic heterocycles. The molecule has 8 nitrogen and oxygen atoms in total. The second-order valence-corrected chi connectivity index (χ2v) is 5.91. The van der Waals surface area contributed by atoms with Gasteiger partial charge in [-0.15, -0.1) is 0 Å². The number of nitrogen functional groups attached to an aromatic ring is 1. The van der Waals surface area contributed by atoms with Gasteiger partial charge in [-0.25, -0.2) is 18.1 Å². The fourth-order valence-corrected chi connectivity index (χ4v) is 1.98. The SMILES string of the molecule is CS(=O)(=O)c1cnn(-c2ncc(N)cc2C(N)=O)c1. The van der Waals surface area contributed by atoms with Crippen molar-refractivity contribution in [2.45, 2.75) is 4.90 Å². The summed E-state index contributed by atoms with van der Waals surface area (Å²) in [5.74, 6) is -0.609. The zero-order chi connectivity index (χ0) is 14.2. The van der Waals surface area contributed by atoms with Crippen molar-refractivity contribution in [2.75, 3.05) is 12.0 Å². The molecule has 4 N–H and O–H groups in total. The van der Waals surface area contributed by atoms with Crippen molar-refractivity contribution in [3.63, 3.8) is 0 Å². The van der Waals surface area contributed by atoms with E-state index < -0.39 is 15.7 Å². The lowest BCUT2D eigenvalue weighted by atomic mass is 10.2.